The molecule has 1 saturated heterocycles. The maximum atomic E-state index is 11.8. The van der Waals surface area contributed by atoms with E-state index in [9.17, 15) is 4.79 Å². The minimum Gasteiger partial charge on any atom is -0.311 e. The molecular formula is C12H14BrNO. The number of halogens is 1. The summed E-state index contributed by atoms with van der Waals surface area (Å²) in [5.74, 6) is 0.184. The zero-order valence-electron chi connectivity index (χ0n) is 8.96. The van der Waals surface area contributed by atoms with Crippen LogP contribution >= 0.6 is 15.9 Å². The van der Waals surface area contributed by atoms with E-state index in [4.69, 9.17) is 0 Å². The number of carbonyl (C=O) groups excluding carboxylic acids is 1. The first-order chi connectivity index (χ1) is 7.09. The lowest BCUT2D eigenvalue weighted by molar-refractivity contribution is -0.116. The summed E-state index contributed by atoms with van der Waals surface area (Å²) in [6, 6.07) is 6.22. The lowest BCUT2D eigenvalue weighted by Crippen LogP contribution is -2.27. The molecule has 0 spiro atoms. The van der Waals surface area contributed by atoms with Gasteiger partial charge in [0.25, 0.3) is 0 Å². The topological polar surface area (TPSA) is 20.3 Å². The molecule has 1 atom stereocenters. The van der Waals surface area contributed by atoms with Crippen molar-refractivity contribution in [1.29, 1.82) is 0 Å². The van der Waals surface area contributed by atoms with Gasteiger partial charge in [0.1, 0.15) is 0 Å². The molecule has 0 aliphatic carbocycles. The van der Waals surface area contributed by atoms with Crippen molar-refractivity contribution in [2.45, 2.75) is 25.1 Å². The molecule has 0 saturated carbocycles. The average molecular weight is 268 g/mol. The first kappa shape index (κ1) is 10.7. The van der Waals surface area contributed by atoms with Gasteiger partial charge in [-0.25, -0.2) is 0 Å². The van der Waals surface area contributed by atoms with Crippen molar-refractivity contribution in [2.75, 3.05) is 11.4 Å². The van der Waals surface area contributed by atoms with Gasteiger partial charge >= 0.3 is 0 Å². The highest BCUT2D eigenvalue weighted by Crippen LogP contribution is 2.28. The second-order valence-electron chi connectivity index (χ2n) is 4.04. The largest absolute Gasteiger partial charge is 0.311 e. The number of amides is 1. The van der Waals surface area contributed by atoms with Gasteiger partial charge in [0.15, 0.2) is 0 Å². The summed E-state index contributed by atoms with van der Waals surface area (Å²) in [6.07, 6.45) is 0.895. The summed E-state index contributed by atoms with van der Waals surface area (Å²) < 4.78 is 0. The van der Waals surface area contributed by atoms with Crippen LogP contribution in [0.3, 0.4) is 0 Å². The third-order valence-electron chi connectivity index (χ3n) is 2.80. The lowest BCUT2D eigenvalue weighted by Gasteiger charge is -2.19. The van der Waals surface area contributed by atoms with Crippen LogP contribution in [0.15, 0.2) is 18.2 Å². The standard InChI is InChI=1S/C12H14BrNO/c1-8-3-4-9(2)11(7-8)14-6-5-10(13)12(14)15/h3-4,7,10H,5-6H2,1-2H3. The van der Waals surface area contributed by atoms with Gasteiger partial charge in [-0.1, -0.05) is 28.1 Å². The quantitative estimate of drug-likeness (QED) is 0.717. The summed E-state index contributed by atoms with van der Waals surface area (Å²) in [5, 5.41) is 0. The van der Waals surface area contributed by atoms with Crippen molar-refractivity contribution in [3.63, 3.8) is 0 Å². The summed E-state index contributed by atoms with van der Waals surface area (Å²) in [6.45, 7) is 4.91. The second-order valence-corrected chi connectivity index (χ2v) is 5.14. The number of hydrogen-bond donors (Lipinski definition) is 0. The van der Waals surface area contributed by atoms with Crippen molar-refractivity contribution in [2.24, 2.45) is 0 Å². The number of rotatable bonds is 1. The molecule has 1 heterocycles. The molecule has 2 nitrogen and oxygen atoms in total. The molecular weight excluding hydrogens is 254 g/mol. The average Bonchev–Trinajstić information content (AvgIpc) is 2.52. The maximum absolute atomic E-state index is 11.8. The number of carbonyl (C=O) groups is 1. The van der Waals surface area contributed by atoms with E-state index in [1.54, 1.807) is 0 Å². The highest BCUT2D eigenvalue weighted by Gasteiger charge is 2.30. The Hall–Kier alpha value is -0.830. The molecule has 0 aromatic heterocycles. The van der Waals surface area contributed by atoms with Gasteiger partial charge in [0, 0.05) is 12.2 Å². The summed E-state index contributed by atoms with van der Waals surface area (Å²) in [5.41, 5.74) is 3.42. The van der Waals surface area contributed by atoms with Crippen LogP contribution in [0.5, 0.6) is 0 Å². The van der Waals surface area contributed by atoms with Crippen LogP contribution in [0.25, 0.3) is 0 Å². The van der Waals surface area contributed by atoms with Gasteiger partial charge in [-0.15, -0.1) is 0 Å². The Labute approximate surface area is 98.4 Å². The van der Waals surface area contributed by atoms with E-state index in [0.717, 1.165) is 24.2 Å². The van der Waals surface area contributed by atoms with E-state index in [2.05, 4.69) is 41.1 Å². The smallest absolute Gasteiger partial charge is 0.240 e. The third kappa shape index (κ3) is 1.93. The molecule has 15 heavy (non-hydrogen) atoms. The van der Waals surface area contributed by atoms with Gasteiger partial charge in [0.2, 0.25) is 5.91 Å². The van der Waals surface area contributed by atoms with Gasteiger partial charge < -0.3 is 4.90 Å². The number of anilines is 1. The molecule has 0 bridgehead atoms. The normalized spacial score (nSPS) is 21.1. The molecule has 0 radical (unpaired) electrons. The fraction of sp³-hybridized carbons (Fsp3) is 0.417. The van der Waals surface area contributed by atoms with Gasteiger partial charge in [-0.05, 0) is 37.5 Å². The maximum Gasteiger partial charge on any atom is 0.240 e. The van der Waals surface area contributed by atoms with E-state index in [0.29, 0.717) is 0 Å². The molecule has 1 aliphatic rings. The third-order valence-corrected chi connectivity index (χ3v) is 3.65. The monoisotopic (exact) mass is 267 g/mol. The van der Waals surface area contributed by atoms with Crippen LogP contribution in [0.4, 0.5) is 5.69 Å². The van der Waals surface area contributed by atoms with Crippen molar-refractivity contribution >= 4 is 27.5 Å². The number of hydrogen-bond acceptors (Lipinski definition) is 1. The van der Waals surface area contributed by atoms with Gasteiger partial charge in [-0.2, -0.15) is 0 Å². The van der Waals surface area contributed by atoms with Crippen LogP contribution in [0, 0.1) is 13.8 Å². The number of alkyl halides is 1. The van der Waals surface area contributed by atoms with E-state index >= 15 is 0 Å². The predicted octanol–water partition coefficient (Wildman–Crippen LogP) is 2.80. The lowest BCUT2D eigenvalue weighted by atomic mass is 10.1. The molecule has 1 unspecified atom stereocenters. The predicted molar refractivity (Wildman–Crippen MR) is 65.6 cm³/mol. The highest BCUT2D eigenvalue weighted by atomic mass is 79.9. The summed E-state index contributed by atoms with van der Waals surface area (Å²) in [7, 11) is 0. The fourth-order valence-corrected chi connectivity index (χ4v) is 2.35. The van der Waals surface area contributed by atoms with E-state index < -0.39 is 0 Å². The SMILES string of the molecule is Cc1ccc(C)c(N2CCC(Br)C2=O)c1. The summed E-state index contributed by atoms with van der Waals surface area (Å²) in [4.78, 5) is 13.7. The molecule has 1 aliphatic heterocycles. The molecule has 1 fully saturated rings. The molecule has 1 amide bonds. The Morgan fingerprint density at radius 2 is 2.13 bits per heavy atom. The van der Waals surface area contributed by atoms with Crippen molar-refractivity contribution in [3.8, 4) is 0 Å². The van der Waals surface area contributed by atoms with E-state index in [1.807, 2.05) is 11.8 Å². The van der Waals surface area contributed by atoms with Crippen LogP contribution < -0.4 is 4.90 Å². The van der Waals surface area contributed by atoms with Crippen molar-refractivity contribution in [3.05, 3.63) is 29.3 Å². The fourth-order valence-electron chi connectivity index (χ4n) is 1.89. The van der Waals surface area contributed by atoms with E-state index in [1.165, 1.54) is 5.56 Å². The summed E-state index contributed by atoms with van der Waals surface area (Å²) >= 11 is 3.39. The van der Waals surface area contributed by atoms with Crippen molar-refractivity contribution in [1.82, 2.24) is 0 Å². The Bertz CT molecular complexity index is 403. The number of benzene rings is 1. The zero-order valence-corrected chi connectivity index (χ0v) is 10.5. The minimum atomic E-state index is -0.00240. The Kier molecular flexibility index (Phi) is 2.83. The second kappa shape index (κ2) is 3.97. The van der Waals surface area contributed by atoms with Crippen LogP contribution in [0.1, 0.15) is 17.5 Å². The van der Waals surface area contributed by atoms with Crippen LogP contribution in [-0.2, 0) is 4.79 Å². The van der Waals surface area contributed by atoms with Crippen LogP contribution in [-0.4, -0.2) is 17.3 Å². The molecule has 80 valence electrons. The zero-order chi connectivity index (χ0) is 11.0. The molecule has 3 heteroatoms. The molecule has 1 aromatic carbocycles. The first-order valence-corrected chi connectivity index (χ1v) is 6.04. The van der Waals surface area contributed by atoms with Gasteiger partial charge in [0.05, 0.1) is 4.83 Å². The van der Waals surface area contributed by atoms with E-state index in [-0.39, 0.29) is 10.7 Å². The van der Waals surface area contributed by atoms with Gasteiger partial charge in [-0.3, -0.25) is 4.79 Å². The molecule has 2 rings (SSSR count). The highest BCUT2D eigenvalue weighted by molar-refractivity contribution is 9.10. The molecule has 0 N–H and O–H groups in total. The van der Waals surface area contributed by atoms with Crippen molar-refractivity contribution < 1.29 is 4.79 Å². The Balaban J connectivity index is 2.37. The molecule has 1 aromatic rings. The Morgan fingerprint density at radius 3 is 2.73 bits per heavy atom. The Morgan fingerprint density at radius 1 is 1.40 bits per heavy atom. The number of nitrogens with zero attached hydrogens (tertiary/aromatic N) is 1. The minimum absolute atomic E-state index is 0.00240. The number of aryl methyl sites for hydroxylation is 2. The first-order valence-electron chi connectivity index (χ1n) is 5.12. The van der Waals surface area contributed by atoms with Crippen LogP contribution in [0.2, 0.25) is 0 Å².